The number of nitrogens with zero attached hydrogens (tertiary/aromatic N) is 1. The van der Waals surface area contributed by atoms with Crippen LogP contribution in [0.15, 0.2) is 24.3 Å². The summed E-state index contributed by atoms with van der Waals surface area (Å²) in [6, 6.07) is 7.00. The summed E-state index contributed by atoms with van der Waals surface area (Å²) in [5.74, 6) is 1.44. The molecule has 0 radical (unpaired) electrons. The van der Waals surface area contributed by atoms with Crippen LogP contribution in [0, 0.1) is 0 Å². The summed E-state index contributed by atoms with van der Waals surface area (Å²) in [5.41, 5.74) is 2.92. The molecule has 0 fully saturated rings. The van der Waals surface area contributed by atoms with E-state index in [0.29, 0.717) is 30.2 Å². The topological polar surface area (TPSA) is 91.6 Å². The average molecular weight is 389 g/mol. The third kappa shape index (κ3) is 3.81. The van der Waals surface area contributed by atoms with Gasteiger partial charge in [-0.05, 0) is 53.8 Å². The summed E-state index contributed by atoms with van der Waals surface area (Å²) in [7, 11) is 4.72. The maximum absolute atomic E-state index is 10.0. The van der Waals surface area contributed by atoms with Crippen molar-refractivity contribution in [3.05, 3.63) is 41.0 Å². The van der Waals surface area contributed by atoms with E-state index in [1.807, 2.05) is 12.1 Å². The van der Waals surface area contributed by atoms with Crippen LogP contribution in [0.5, 0.6) is 28.7 Å². The fourth-order valence-corrected chi connectivity index (χ4v) is 3.89. The average Bonchev–Trinajstić information content (AvgIpc) is 2.70. The van der Waals surface area contributed by atoms with Gasteiger partial charge in [0.1, 0.15) is 0 Å². The Balaban J connectivity index is 2.02. The summed E-state index contributed by atoms with van der Waals surface area (Å²) in [5, 5.41) is 29.4. The molecule has 0 aromatic heterocycles. The minimum Gasteiger partial charge on any atom is -0.504 e. The number of phenols is 2. The van der Waals surface area contributed by atoms with Crippen LogP contribution in [-0.4, -0.2) is 61.2 Å². The van der Waals surface area contributed by atoms with Gasteiger partial charge >= 0.3 is 0 Å². The molecule has 1 heterocycles. The first-order valence-corrected chi connectivity index (χ1v) is 9.20. The molecule has 1 aliphatic rings. The Labute approximate surface area is 164 Å². The Bertz CT molecular complexity index is 813. The normalized spacial score (nSPS) is 16.5. The van der Waals surface area contributed by atoms with Gasteiger partial charge in [0, 0.05) is 19.1 Å². The molecule has 7 heteroatoms. The van der Waals surface area contributed by atoms with Gasteiger partial charge in [0.15, 0.2) is 23.0 Å². The number of phenolic OH excluding ortho intramolecular Hbond substituents is 2. The molecule has 0 saturated heterocycles. The molecule has 0 unspecified atom stereocenters. The quantitative estimate of drug-likeness (QED) is 0.626. The molecule has 3 N–H and O–H groups in total. The third-order valence-electron chi connectivity index (χ3n) is 5.25. The van der Waals surface area contributed by atoms with Crippen LogP contribution in [0.2, 0.25) is 0 Å². The Morgan fingerprint density at radius 2 is 1.61 bits per heavy atom. The minimum atomic E-state index is -0.139. The van der Waals surface area contributed by atoms with E-state index in [0.717, 1.165) is 29.7 Å². The first-order chi connectivity index (χ1) is 13.5. The van der Waals surface area contributed by atoms with Gasteiger partial charge in [0.2, 0.25) is 5.75 Å². The van der Waals surface area contributed by atoms with E-state index in [2.05, 4.69) is 4.90 Å². The standard InChI is InChI=1S/C21H27NO6/c1-26-19-9-13(10-20(27-2)21(19)28-3)8-16-15-12-18(25)17(24)11-14(15)4-5-22(16)6-7-23/h9-12,16,23-25H,4-8H2,1-3H3/t16-/m0/s1. The first kappa shape index (κ1) is 20.1. The summed E-state index contributed by atoms with van der Waals surface area (Å²) >= 11 is 0. The SMILES string of the molecule is COc1cc(C[C@H]2c3cc(O)c(O)cc3CCN2CCO)cc(OC)c1OC. The van der Waals surface area contributed by atoms with Crippen LogP contribution in [0.1, 0.15) is 22.7 Å². The number of aromatic hydroxyl groups is 2. The smallest absolute Gasteiger partial charge is 0.203 e. The number of aliphatic hydroxyl groups is 1. The van der Waals surface area contributed by atoms with Gasteiger partial charge in [-0.25, -0.2) is 0 Å². The number of hydrogen-bond donors (Lipinski definition) is 3. The van der Waals surface area contributed by atoms with E-state index in [4.69, 9.17) is 14.2 Å². The Kier molecular flexibility index (Phi) is 6.16. The second-order valence-electron chi connectivity index (χ2n) is 6.80. The molecule has 0 spiro atoms. The van der Waals surface area contributed by atoms with Crippen LogP contribution in [0.3, 0.4) is 0 Å². The maximum atomic E-state index is 10.0. The molecule has 28 heavy (non-hydrogen) atoms. The van der Waals surface area contributed by atoms with Gasteiger partial charge in [-0.1, -0.05) is 0 Å². The number of hydrogen-bond acceptors (Lipinski definition) is 7. The highest BCUT2D eigenvalue weighted by Gasteiger charge is 2.29. The zero-order valence-electron chi connectivity index (χ0n) is 16.4. The van der Waals surface area contributed by atoms with E-state index in [1.54, 1.807) is 33.5 Å². The molecular formula is C21H27NO6. The van der Waals surface area contributed by atoms with Crippen LogP contribution in [0.4, 0.5) is 0 Å². The zero-order valence-corrected chi connectivity index (χ0v) is 16.4. The van der Waals surface area contributed by atoms with Crippen molar-refractivity contribution in [1.82, 2.24) is 4.90 Å². The van der Waals surface area contributed by atoms with E-state index in [1.165, 1.54) is 0 Å². The van der Waals surface area contributed by atoms with Gasteiger partial charge in [0.05, 0.1) is 27.9 Å². The lowest BCUT2D eigenvalue weighted by molar-refractivity contribution is 0.141. The highest BCUT2D eigenvalue weighted by Crippen LogP contribution is 2.42. The molecule has 0 aliphatic carbocycles. The molecular weight excluding hydrogens is 362 g/mol. The van der Waals surface area contributed by atoms with Crippen LogP contribution < -0.4 is 14.2 Å². The lowest BCUT2D eigenvalue weighted by Crippen LogP contribution is -2.38. The van der Waals surface area contributed by atoms with Crippen molar-refractivity contribution in [2.24, 2.45) is 0 Å². The van der Waals surface area contributed by atoms with Gasteiger partial charge in [-0.15, -0.1) is 0 Å². The molecule has 1 atom stereocenters. The highest BCUT2D eigenvalue weighted by atomic mass is 16.5. The Morgan fingerprint density at radius 1 is 0.964 bits per heavy atom. The number of aliphatic hydroxyl groups excluding tert-OH is 1. The monoisotopic (exact) mass is 389 g/mol. The molecule has 0 saturated carbocycles. The minimum absolute atomic E-state index is 0.0468. The molecule has 7 nitrogen and oxygen atoms in total. The van der Waals surface area contributed by atoms with Crippen LogP contribution in [0.25, 0.3) is 0 Å². The highest BCUT2D eigenvalue weighted by molar-refractivity contribution is 5.54. The summed E-state index contributed by atoms with van der Waals surface area (Å²) in [6.45, 7) is 1.33. The number of β-amino-alcohol motifs (C(OH)–C–C–N with tert-alkyl or cyclic N) is 1. The second kappa shape index (κ2) is 8.58. The Morgan fingerprint density at radius 3 is 2.18 bits per heavy atom. The van der Waals surface area contributed by atoms with Crippen molar-refractivity contribution in [3.8, 4) is 28.7 Å². The van der Waals surface area contributed by atoms with Gasteiger partial charge in [-0.3, -0.25) is 4.90 Å². The fraction of sp³-hybridized carbons (Fsp3) is 0.429. The summed E-state index contributed by atoms with van der Waals surface area (Å²) in [4.78, 5) is 2.18. The van der Waals surface area contributed by atoms with E-state index >= 15 is 0 Å². The molecule has 2 aromatic carbocycles. The molecule has 1 aliphatic heterocycles. The lowest BCUT2D eigenvalue weighted by atomic mass is 9.88. The molecule has 152 valence electrons. The lowest BCUT2D eigenvalue weighted by Gasteiger charge is -2.37. The fourth-order valence-electron chi connectivity index (χ4n) is 3.89. The van der Waals surface area contributed by atoms with Crippen LogP contribution >= 0.6 is 0 Å². The maximum Gasteiger partial charge on any atom is 0.203 e. The number of rotatable bonds is 7. The van der Waals surface area contributed by atoms with Crippen LogP contribution in [-0.2, 0) is 12.8 Å². The van der Waals surface area contributed by atoms with Gasteiger partial charge in [-0.2, -0.15) is 0 Å². The van der Waals surface area contributed by atoms with Crippen molar-refractivity contribution < 1.29 is 29.5 Å². The Hall–Kier alpha value is -2.64. The first-order valence-electron chi connectivity index (χ1n) is 9.20. The molecule has 0 bridgehead atoms. The largest absolute Gasteiger partial charge is 0.504 e. The zero-order chi connectivity index (χ0) is 20.3. The van der Waals surface area contributed by atoms with Crippen molar-refractivity contribution >= 4 is 0 Å². The van der Waals surface area contributed by atoms with Crippen molar-refractivity contribution in [2.45, 2.75) is 18.9 Å². The summed E-state index contributed by atoms with van der Waals surface area (Å²) < 4.78 is 16.3. The molecule has 2 aromatic rings. The van der Waals surface area contributed by atoms with Crippen molar-refractivity contribution in [3.63, 3.8) is 0 Å². The predicted octanol–water partition coefficient (Wildman–Crippen LogP) is 2.26. The number of methoxy groups -OCH3 is 3. The number of benzene rings is 2. The van der Waals surface area contributed by atoms with Crippen molar-refractivity contribution in [2.75, 3.05) is 41.0 Å². The van der Waals surface area contributed by atoms with E-state index in [-0.39, 0.29) is 24.1 Å². The van der Waals surface area contributed by atoms with Crippen molar-refractivity contribution in [1.29, 1.82) is 0 Å². The summed E-state index contributed by atoms with van der Waals surface area (Å²) in [6.07, 6.45) is 1.36. The molecule has 3 rings (SSSR count). The third-order valence-corrected chi connectivity index (χ3v) is 5.25. The van der Waals surface area contributed by atoms with Gasteiger partial charge < -0.3 is 29.5 Å². The van der Waals surface area contributed by atoms with Gasteiger partial charge in [0.25, 0.3) is 0 Å². The number of ether oxygens (including phenoxy) is 3. The predicted molar refractivity (Wildman–Crippen MR) is 105 cm³/mol. The molecule has 0 amide bonds. The number of fused-ring (bicyclic) bond motifs is 1. The van der Waals surface area contributed by atoms with E-state index < -0.39 is 0 Å². The van der Waals surface area contributed by atoms with E-state index in [9.17, 15) is 15.3 Å². The second-order valence-corrected chi connectivity index (χ2v) is 6.80.